The molecule has 4 N–H and O–H groups in total. The fraction of sp³-hybridized carbons (Fsp3) is 0.293. The number of ketones is 4. The van der Waals surface area contributed by atoms with Crippen LogP contribution in [0.15, 0.2) is 91.6 Å². The van der Waals surface area contributed by atoms with E-state index in [1.165, 1.54) is 0 Å². The highest BCUT2D eigenvalue weighted by Gasteiger charge is 2.49. The van der Waals surface area contributed by atoms with Gasteiger partial charge in [0.05, 0.1) is 29.4 Å². The van der Waals surface area contributed by atoms with Crippen LogP contribution in [-0.2, 0) is 19.2 Å². The number of rotatable bonds is 0. The molecule has 17 rings (SSSR count). The summed E-state index contributed by atoms with van der Waals surface area (Å²) in [6.45, 7) is 0. The van der Waals surface area contributed by atoms with Crippen LogP contribution in [0.2, 0.25) is 0 Å². The molecule has 12 aliphatic carbocycles. The third-order valence-electron chi connectivity index (χ3n) is 13.2. The SMILES string of the molecule is O=C1CC2C=CC1C1=C2C2=NC1=Cc1[nH]c(c3c1C1C=CC3C(=O)C1)Nc1[nH]c(c3c1C1C=CC3C(=O)C1)N=C1N=C(N2)C2=C1C1C=CC2C(=O)C1. The molecule has 0 aromatic carbocycles. The first-order valence-corrected chi connectivity index (χ1v) is 18.2. The van der Waals surface area contributed by atoms with Crippen LogP contribution in [0, 0.1) is 23.7 Å². The molecule has 52 heavy (non-hydrogen) atoms. The summed E-state index contributed by atoms with van der Waals surface area (Å²) in [4.78, 5) is 76.4. The second kappa shape index (κ2) is 9.08. The number of hydrogen-bond donors (Lipinski definition) is 4. The van der Waals surface area contributed by atoms with Gasteiger partial charge in [-0.1, -0.05) is 48.6 Å². The number of amidine groups is 3. The van der Waals surface area contributed by atoms with Crippen LogP contribution in [0.1, 0.15) is 77.3 Å². The number of aromatic amines is 2. The summed E-state index contributed by atoms with van der Waals surface area (Å²) in [5, 5.41) is 7.28. The Morgan fingerprint density at radius 1 is 0.481 bits per heavy atom. The average molecular weight is 684 g/mol. The summed E-state index contributed by atoms with van der Waals surface area (Å²) in [6.07, 6.45) is 20.1. The Hall–Kier alpha value is -5.97. The van der Waals surface area contributed by atoms with Crippen LogP contribution in [0.5, 0.6) is 0 Å². The molecule has 2 aromatic heterocycles. The van der Waals surface area contributed by atoms with Gasteiger partial charge in [0, 0.05) is 88.5 Å². The summed E-state index contributed by atoms with van der Waals surface area (Å²) >= 11 is 0. The molecule has 8 atom stereocenters. The number of H-pyrrole nitrogens is 2. The Morgan fingerprint density at radius 3 is 1.79 bits per heavy atom. The largest absolute Gasteiger partial charge is 0.341 e. The zero-order valence-corrected chi connectivity index (χ0v) is 27.6. The second-order valence-corrected chi connectivity index (χ2v) is 15.8. The Morgan fingerprint density at radius 2 is 1.06 bits per heavy atom. The van der Waals surface area contributed by atoms with Crippen molar-refractivity contribution in [3.8, 4) is 0 Å². The number of carbonyl (C=O) groups excluding carboxylic acids is 4. The first-order chi connectivity index (χ1) is 25.4. The van der Waals surface area contributed by atoms with E-state index in [2.05, 4.69) is 44.9 Å². The van der Waals surface area contributed by atoms with Crippen molar-refractivity contribution in [1.29, 1.82) is 0 Å². The van der Waals surface area contributed by atoms with Gasteiger partial charge in [-0.05, 0) is 17.2 Å². The molecule has 2 aromatic rings. The van der Waals surface area contributed by atoms with Gasteiger partial charge >= 0.3 is 0 Å². The zero-order chi connectivity index (χ0) is 34.3. The monoisotopic (exact) mass is 683 g/mol. The average Bonchev–Trinajstić information content (AvgIpc) is 3.90. The zero-order valence-electron chi connectivity index (χ0n) is 27.6. The molecule has 0 saturated heterocycles. The number of aliphatic imine (C=N–C) groups is 3. The van der Waals surface area contributed by atoms with E-state index in [-0.39, 0.29) is 52.7 Å². The first-order valence-electron chi connectivity index (χ1n) is 18.2. The van der Waals surface area contributed by atoms with Crippen LogP contribution >= 0.6 is 0 Å². The van der Waals surface area contributed by atoms with E-state index in [4.69, 9.17) is 15.0 Å². The van der Waals surface area contributed by atoms with Crippen molar-refractivity contribution in [3.05, 3.63) is 105 Å². The van der Waals surface area contributed by atoms with Crippen molar-refractivity contribution in [1.82, 2.24) is 15.3 Å². The molecule has 0 fully saturated rings. The van der Waals surface area contributed by atoms with Crippen LogP contribution < -0.4 is 10.6 Å². The highest BCUT2D eigenvalue weighted by atomic mass is 16.1. The molecule has 252 valence electrons. The molecule has 0 radical (unpaired) electrons. The van der Waals surface area contributed by atoms with Gasteiger partial charge < -0.3 is 20.6 Å². The standard InChI is InChI=1S/C41H29N7O4/c49-24-10-15-2-5-18(24)32-23-13-22-28-14-1-6-19(25(50)9-14)33(28)39(42-22)45-37-30-16-3-8-21(27(52)11-16)35(30)41(46-37)48-38-31-17-4-7-20(26(51)12-17)34(31)40(47-38)44-36(43-23)29(15)32/h1-8,13-21,42,45-46H,9-12H2,(H,43,44,47,48). The van der Waals surface area contributed by atoms with E-state index in [9.17, 15) is 19.2 Å². The lowest BCUT2D eigenvalue weighted by Crippen LogP contribution is -2.41. The summed E-state index contributed by atoms with van der Waals surface area (Å²) in [5.74, 6) is 2.21. The van der Waals surface area contributed by atoms with Crippen molar-refractivity contribution in [2.24, 2.45) is 38.6 Å². The molecule has 11 heteroatoms. The Kier molecular flexibility index (Phi) is 4.84. The Labute approximate surface area is 295 Å². The lowest BCUT2D eigenvalue weighted by Gasteiger charge is -2.33. The summed E-state index contributed by atoms with van der Waals surface area (Å²) in [7, 11) is 0. The molecular weight excluding hydrogens is 654 g/mol. The van der Waals surface area contributed by atoms with Crippen LogP contribution in [0.25, 0.3) is 6.08 Å². The predicted octanol–water partition coefficient (Wildman–Crippen LogP) is 5.45. The van der Waals surface area contributed by atoms with E-state index < -0.39 is 17.8 Å². The van der Waals surface area contributed by atoms with E-state index in [0.717, 1.165) is 61.9 Å². The van der Waals surface area contributed by atoms with Crippen molar-refractivity contribution >= 4 is 64.2 Å². The van der Waals surface area contributed by atoms with Gasteiger partial charge in [0.15, 0.2) is 5.84 Å². The van der Waals surface area contributed by atoms with Crippen LogP contribution in [0.3, 0.4) is 0 Å². The first kappa shape index (κ1) is 27.7. The summed E-state index contributed by atoms with van der Waals surface area (Å²) in [5.41, 5.74) is 9.03. The smallest absolute Gasteiger partial charge is 0.160 e. The lowest BCUT2D eigenvalue weighted by atomic mass is 9.69. The highest BCUT2D eigenvalue weighted by Crippen LogP contribution is 2.55. The van der Waals surface area contributed by atoms with Gasteiger partial charge in [-0.25, -0.2) is 15.0 Å². The number of fused-ring (bicyclic) bond motifs is 10. The van der Waals surface area contributed by atoms with Crippen LogP contribution in [0.4, 0.5) is 17.5 Å². The maximum absolute atomic E-state index is 13.4. The molecular formula is C41H29N7O4. The minimum absolute atomic E-state index is 0.0900. The summed E-state index contributed by atoms with van der Waals surface area (Å²) in [6, 6.07) is 0. The van der Waals surface area contributed by atoms with Gasteiger partial charge in [0.1, 0.15) is 52.3 Å². The van der Waals surface area contributed by atoms with E-state index in [1.54, 1.807) is 0 Å². The van der Waals surface area contributed by atoms with Gasteiger partial charge in [0.2, 0.25) is 0 Å². The number of aromatic nitrogens is 2. The minimum atomic E-state index is -0.444. The molecule has 15 aliphatic rings. The molecule has 16 bridgehead atoms. The summed E-state index contributed by atoms with van der Waals surface area (Å²) < 4.78 is 0. The number of hydrogen-bond acceptors (Lipinski definition) is 9. The fourth-order valence-corrected chi connectivity index (χ4v) is 11.0. The molecule has 0 saturated carbocycles. The molecule has 5 heterocycles. The number of carbonyl (C=O) groups is 4. The van der Waals surface area contributed by atoms with Gasteiger partial charge in [-0.15, -0.1) is 0 Å². The van der Waals surface area contributed by atoms with Crippen LogP contribution in [-0.4, -0.2) is 50.6 Å². The number of anilines is 2. The molecule has 3 aliphatic heterocycles. The molecule has 11 nitrogen and oxygen atoms in total. The van der Waals surface area contributed by atoms with Crippen molar-refractivity contribution in [2.75, 3.05) is 5.32 Å². The normalized spacial score (nSPS) is 34.3. The Bertz CT molecular complexity index is 2610. The quantitative estimate of drug-likeness (QED) is 0.270. The highest BCUT2D eigenvalue weighted by molar-refractivity contribution is 6.30. The molecule has 0 amide bonds. The third-order valence-corrected chi connectivity index (χ3v) is 13.2. The number of Topliss-reactive ketones (excluding diaryl/α,β-unsaturated/α-hetero) is 4. The molecule has 0 spiro atoms. The molecule has 8 unspecified atom stereocenters. The van der Waals surface area contributed by atoms with Crippen molar-refractivity contribution in [2.45, 2.75) is 49.4 Å². The van der Waals surface area contributed by atoms with Gasteiger partial charge in [-0.3, -0.25) is 19.2 Å². The van der Waals surface area contributed by atoms with E-state index in [0.29, 0.717) is 54.7 Å². The number of nitrogens with one attached hydrogen (secondary N) is 4. The predicted molar refractivity (Wildman–Crippen MR) is 192 cm³/mol. The van der Waals surface area contributed by atoms with E-state index >= 15 is 0 Å². The lowest BCUT2D eigenvalue weighted by molar-refractivity contribution is -0.122. The number of allylic oxidation sites excluding steroid dienone is 9. The fourth-order valence-electron chi connectivity index (χ4n) is 11.0. The topological polar surface area (TPSA) is 161 Å². The second-order valence-electron chi connectivity index (χ2n) is 15.8. The maximum atomic E-state index is 13.4. The van der Waals surface area contributed by atoms with Crippen molar-refractivity contribution in [3.63, 3.8) is 0 Å². The van der Waals surface area contributed by atoms with Crippen molar-refractivity contribution < 1.29 is 19.2 Å². The number of nitrogens with zero attached hydrogens (tertiary/aromatic N) is 3. The van der Waals surface area contributed by atoms with Gasteiger partial charge in [0.25, 0.3) is 0 Å². The Balaban J connectivity index is 1.09. The maximum Gasteiger partial charge on any atom is 0.160 e. The minimum Gasteiger partial charge on any atom is -0.341 e. The van der Waals surface area contributed by atoms with E-state index in [1.807, 2.05) is 30.4 Å². The third kappa shape index (κ3) is 3.26. The van der Waals surface area contributed by atoms with Gasteiger partial charge in [-0.2, -0.15) is 0 Å².